The summed E-state index contributed by atoms with van der Waals surface area (Å²) in [6.45, 7) is 6.28. The van der Waals surface area contributed by atoms with E-state index in [1.807, 2.05) is 55.5 Å². The van der Waals surface area contributed by atoms with Crippen molar-refractivity contribution in [1.29, 1.82) is 0 Å². The molecule has 2 aliphatic rings. The van der Waals surface area contributed by atoms with Gasteiger partial charge >= 0.3 is 0 Å². The first kappa shape index (κ1) is 18.3. The predicted molar refractivity (Wildman–Crippen MR) is 111 cm³/mol. The van der Waals surface area contributed by atoms with Crippen molar-refractivity contribution in [2.24, 2.45) is 10.1 Å². The number of carbonyl (C=O) groups is 1. The highest BCUT2D eigenvalue weighted by molar-refractivity contribution is 8.14. The normalized spacial score (nSPS) is 17.7. The van der Waals surface area contributed by atoms with Crippen molar-refractivity contribution in [3.8, 4) is 5.75 Å². The molecule has 0 saturated heterocycles. The molecule has 1 N–H and O–H groups in total. The fourth-order valence-electron chi connectivity index (χ4n) is 3.15. The number of hydrazone groups is 1. The maximum Gasteiger partial charge on any atom is 0.276 e. The van der Waals surface area contributed by atoms with Crippen molar-refractivity contribution in [2.45, 2.75) is 13.1 Å². The van der Waals surface area contributed by atoms with Crippen LogP contribution in [0.2, 0.25) is 0 Å². The molecule has 2 aliphatic heterocycles. The Labute approximate surface area is 167 Å². The Balaban J connectivity index is 1.83. The van der Waals surface area contributed by atoms with Gasteiger partial charge in [0, 0.05) is 11.0 Å². The van der Waals surface area contributed by atoms with Crippen LogP contribution in [0, 0.1) is 0 Å². The average molecular weight is 392 g/mol. The third-order valence-electron chi connectivity index (χ3n) is 4.34. The number of fused-ring (bicyclic) bond motifs is 2. The van der Waals surface area contributed by atoms with Gasteiger partial charge in [-0.15, -0.1) is 11.7 Å². The first-order valence-corrected chi connectivity index (χ1v) is 10.0. The lowest BCUT2D eigenvalue weighted by atomic mass is 10.1. The minimum Gasteiger partial charge on any atom is -0.494 e. The summed E-state index contributed by atoms with van der Waals surface area (Å²) in [5.74, 6) is 1.28. The first-order chi connectivity index (χ1) is 13.7. The zero-order chi connectivity index (χ0) is 19.5. The van der Waals surface area contributed by atoms with Crippen LogP contribution in [0.1, 0.15) is 18.7 Å². The van der Waals surface area contributed by atoms with Gasteiger partial charge in [0.1, 0.15) is 11.4 Å². The summed E-state index contributed by atoms with van der Waals surface area (Å²) < 4.78 is 5.54. The van der Waals surface area contributed by atoms with Gasteiger partial charge in [-0.2, -0.15) is 0 Å². The largest absolute Gasteiger partial charge is 0.494 e. The number of amidine groups is 1. The van der Waals surface area contributed by atoms with Crippen molar-refractivity contribution in [2.75, 3.05) is 12.4 Å². The number of thioether (sulfide) groups is 1. The molecular formula is C21H20N4O2S. The highest BCUT2D eigenvalue weighted by Crippen LogP contribution is 2.31. The maximum atomic E-state index is 12.9. The molecular weight excluding hydrogens is 372 g/mol. The summed E-state index contributed by atoms with van der Waals surface area (Å²) in [4.78, 5) is 17.8. The van der Waals surface area contributed by atoms with E-state index >= 15 is 0 Å². The van der Waals surface area contributed by atoms with Crippen LogP contribution >= 0.6 is 11.8 Å². The van der Waals surface area contributed by atoms with Crippen LogP contribution in [-0.4, -0.2) is 28.4 Å². The van der Waals surface area contributed by atoms with E-state index in [4.69, 9.17) is 9.73 Å². The number of carbonyl (C=O) groups excluding carboxylic acids is 1. The van der Waals surface area contributed by atoms with Crippen LogP contribution in [0.3, 0.4) is 0 Å². The summed E-state index contributed by atoms with van der Waals surface area (Å²) in [6, 6.07) is 15.4. The monoisotopic (exact) mass is 392 g/mol. The maximum absolute atomic E-state index is 12.9. The molecule has 2 aromatic carbocycles. The van der Waals surface area contributed by atoms with E-state index in [9.17, 15) is 4.79 Å². The van der Waals surface area contributed by atoms with E-state index in [1.54, 1.807) is 11.1 Å². The quantitative estimate of drug-likeness (QED) is 0.792. The minimum atomic E-state index is -0.425. The van der Waals surface area contributed by atoms with Gasteiger partial charge in [-0.05, 0) is 30.7 Å². The SMILES string of the molecule is C=CCSC1=NN2C(=c3ccccc3=NC2c2ccc(OCC)cc2)C(=O)N1. The fraction of sp³-hybridized carbons (Fsp3) is 0.190. The number of para-hydroxylation sites is 1. The molecule has 4 rings (SSSR count). The lowest BCUT2D eigenvalue weighted by molar-refractivity contribution is -0.116. The Hall–Kier alpha value is -3.06. The number of hydrogen-bond acceptors (Lipinski definition) is 6. The van der Waals surface area contributed by atoms with Crippen molar-refractivity contribution in [1.82, 2.24) is 10.3 Å². The highest BCUT2D eigenvalue weighted by atomic mass is 32.2. The van der Waals surface area contributed by atoms with Crippen molar-refractivity contribution in [3.05, 3.63) is 77.3 Å². The molecule has 0 saturated carbocycles. The summed E-state index contributed by atoms with van der Waals surface area (Å²) in [7, 11) is 0. The van der Waals surface area contributed by atoms with E-state index in [1.165, 1.54) is 11.8 Å². The second kappa shape index (κ2) is 7.90. The van der Waals surface area contributed by atoms with E-state index < -0.39 is 6.17 Å². The molecule has 1 atom stereocenters. The van der Waals surface area contributed by atoms with Crippen molar-refractivity contribution in [3.63, 3.8) is 0 Å². The van der Waals surface area contributed by atoms with Crippen LogP contribution in [0.15, 0.2) is 71.3 Å². The van der Waals surface area contributed by atoms with Crippen molar-refractivity contribution >= 4 is 28.5 Å². The van der Waals surface area contributed by atoms with Crippen LogP contribution in [0.5, 0.6) is 5.75 Å². The molecule has 2 heterocycles. The van der Waals surface area contributed by atoms with Crippen molar-refractivity contribution < 1.29 is 9.53 Å². The van der Waals surface area contributed by atoms with Gasteiger partial charge in [0.05, 0.1) is 12.0 Å². The smallest absolute Gasteiger partial charge is 0.276 e. The van der Waals surface area contributed by atoms with Gasteiger partial charge in [0.25, 0.3) is 5.91 Å². The van der Waals surface area contributed by atoms with E-state index in [0.29, 0.717) is 23.2 Å². The molecule has 6 nitrogen and oxygen atoms in total. The zero-order valence-electron chi connectivity index (χ0n) is 15.5. The van der Waals surface area contributed by atoms with Gasteiger partial charge in [-0.25, -0.2) is 5.01 Å². The summed E-state index contributed by atoms with van der Waals surface area (Å²) >= 11 is 1.43. The zero-order valence-corrected chi connectivity index (χ0v) is 16.3. The number of ether oxygens (including phenoxy) is 1. The lowest BCUT2D eigenvalue weighted by Gasteiger charge is -2.34. The third-order valence-corrected chi connectivity index (χ3v) is 5.20. The van der Waals surface area contributed by atoms with Gasteiger partial charge in [0.15, 0.2) is 11.3 Å². The van der Waals surface area contributed by atoms with Gasteiger partial charge in [-0.1, -0.05) is 48.2 Å². The number of benzene rings is 2. The predicted octanol–water partition coefficient (Wildman–Crippen LogP) is 2.15. The third kappa shape index (κ3) is 3.41. The van der Waals surface area contributed by atoms with Gasteiger partial charge in [0.2, 0.25) is 0 Å². The Morgan fingerprint density at radius 2 is 2.04 bits per heavy atom. The Kier molecular flexibility index (Phi) is 5.16. The standard InChI is InChI=1S/C21H20N4O2S/c1-3-13-28-21-23-20(26)18-16-7-5-6-8-17(16)22-19(25(18)24-21)14-9-11-15(12-10-14)27-4-2/h3,5-12,19H,1,4,13H2,2H3,(H,23,24,26). The number of nitrogens with zero attached hydrogens (tertiary/aromatic N) is 3. The van der Waals surface area contributed by atoms with E-state index in [-0.39, 0.29) is 5.91 Å². The first-order valence-electron chi connectivity index (χ1n) is 9.04. The summed E-state index contributed by atoms with van der Waals surface area (Å²) in [5, 5.41) is 11.4. The van der Waals surface area contributed by atoms with Crippen LogP contribution in [0.25, 0.3) is 5.70 Å². The second-order valence-electron chi connectivity index (χ2n) is 6.17. The molecule has 1 unspecified atom stereocenters. The average Bonchev–Trinajstić information content (AvgIpc) is 2.72. The van der Waals surface area contributed by atoms with Crippen LogP contribution in [-0.2, 0) is 4.79 Å². The van der Waals surface area contributed by atoms with Crippen LogP contribution < -0.4 is 20.6 Å². The number of nitrogens with one attached hydrogen (secondary N) is 1. The van der Waals surface area contributed by atoms with E-state index in [0.717, 1.165) is 21.9 Å². The Bertz CT molecular complexity index is 1060. The number of hydrogen-bond donors (Lipinski definition) is 1. The second-order valence-corrected chi connectivity index (χ2v) is 7.18. The highest BCUT2D eigenvalue weighted by Gasteiger charge is 2.34. The molecule has 0 aromatic heterocycles. The number of rotatable bonds is 5. The lowest BCUT2D eigenvalue weighted by Crippen LogP contribution is -2.50. The molecule has 0 spiro atoms. The molecule has 0 fully saturated rings. The molecule has 0 aliphatic carbocycles. The minimum absolute atomic E-state index is 0.181. The molecule has 142 valence electrons. The fourth-order valence-corrected chi connectivity index (χ4v) is 3.74. The molecule has 0 bridgehead atoms. The van der Waals surface area contributed by atoms with Crippen LogP contribution in [0.4, 0.5) is 0 Å². The molecule has 2 aromatic rings. The topological polar surface area (TPSA) is 66.3 Å². The Morgan fingerprint density at radius 3 is 2.79 bits per heavy atom. The van der Waals surface area contributed by atoms with Gasteiger partial charge < -0.3 is 4.74 Å². The van der Waals surface area contributed by atoms with E-state index in [2.05, 4.69) is 17.0 Å². The molecule has 7 heteroatoms. The Morgan fingerprint density at radius 1 is 1.25 bits per heavy atom. The molecule has 0 radical (unpaired) electrons. The summed E-state index contributed by atoms with van der Waals surface area (Å²) in [5.41, 5.74) is 1.44. The van der Waals surface area contributed by atoms with Gasteiger partial charge in [-0.3, -0.25) is 15.1 Å². The summed E-state index contributed by atoms with van der Waals surface area (Å²) in [6.07, 6.45) is 1.35. The molecule has 28 heavy (non-hydrogen) atoms. The number of amides is 1. The molecule has 1 amide bonds.